The van der Waals surface area contributed by atoms with Crippen LogP contribution in [-0.4, -0.2) is 13.1 Å². The Morgan fingerprint density at radius 2 is 1.95 bits per heavy atom. The van der Waals surface area contributed by atoms with Gasteiger partial charge in [0.25, 0.3) is 0 Å². The highest BCUT2D eigenvalue weighted by Crippen LogP contribution is 2.40. The van der Waals surface area contributed by atoms with Crippen molar-refractivity contribution < 1.29 is 9.53 Å². The SMILES string of the molecule is COC(=O)C1CCC=C(C(C)(C)CC/C=C(\C)C(C)(C)C)C1. The van der Waals surface area contributed by atoms with Gasteiger partial charge in [0, 0.05) is 0 Å². The monoisotopic (exact) mass is 306 g/mol. The van der Waals surface area contributed by atoms with Crippen molar-refractivity contribution in [3.8, 4) is 0 Å². The molecule has 126 valence electrons. The van der Waals surface area contributed by atoms with Gasteiger partial charge in [-0.25, -0.2) is 0 Å². The first-order chi connectivity index (χ1) is 10.1. The first kappa shape index (κ1) is 19.0. The number of hydrogen-bond acceptors (Lipinski definition) is 2. The van der Waals surface area contributed by atoms with Crippen molar-refractivity contribution in [3.05, 3.63) is 23.3 Å². The molecule has 0 heterocycles. The van der Waals surface area contributed by atoms with E-state index in [0.717, 1.165) is 32.1 Å². The van der Waals surface area contributed by atoms with E-state index in [0.29, 0.717) is 0 Å². The molecule has 0 spiro atoms. The highest BCUT2D eigenvalue weighted by molar-refractivity contribution is 5.73. The third-order valence-electron chi connectivity index (χ3n) is 5.18. The van der Waals surface area contributed by atoms with Gasteiger partial charge in [-0.05, 0) is 49.9 Å². The quantitative estimate of drug-likeness (QED) is 0.482. The van der Waals surface area contributed by atoms with Crippen LogP contribution in [0.4, 0.5) is 0 Å². The van der Waals surface area contributed by atoms with Crippen LogP contribution in [0, 0.1) is 16.7 Å². The maximum absolute atomic E-state index is 11.8. The van der Waals surface area contributed by atoms with E-state index >= 15 is 0 Å². The Hall–Kier alpha value is -1.05. The Morgan fingerprint density at radius 3 is 2.50 bits per heavy atom. The van der Waals surface area contributed by atoms with Crippen LogP contribution >= 0.6 is 0 Å². The maximum Gasteiger partial charge on any atom is 0.308 e. The molecule has 0 aromatic carbocycles. The molecule has 0 fully saturated rings. The van der Waals surface area contributed by atoms with Crippen molar-refractivity contribution in [2.24, 2.45) is 16.7 Å². The third-order valence-corrected chi connectivity index (χ3v) is 5.18. The normalized spacial score (nSPS) is 20.6. The second-order valence-corrected chi connectivity index (χ2v) is 8.29. The summed E-state index contributed by atoms with van der Waals surface area (Å²) in [4.78, 5) is 11.8. The zero-order valence-corrected chi connectivity index (χ0v) is 15.6. The minimum absolute atomic E-state index is 0.0510. The standard InChI is InChI=1S/C20H34O2/c1-15(19(2,3)4)10-9-13-20(5,6)17-12-8-11-16(14-17)18(21)22-7/h10,12,16H,8-9,11,13-14H2,1-7H3/b15-10+. The molecular formula is C20H34O2. The van der Waals surface area contributed by atoms with Crippen molar-refractivity contribution in [2.75, 3.05) is 7.11 Å². The molecule has 0 aliphatic heterocycles. The van der Waals surface area contributed by atoms with Gasteiger partial charge in [-0.2, -0.15) is 0 Å². The summed E-state index contributed by atoms with van der Waals surface area (Å²) in [5, 5.41) is 0. The highest BCUT2D eigenvalue weighted by Gasteiger charge is 2.30. The van der Waals surface area contributed by atoms with Crippen LogP contribution in [0.3, 0.4) is 0 Å². The molecule has 0 amide bonds. The summed E-state index contributed by atoms with van der Waals surface area (Å²) in [6.45, 7) is 13.6. The van der Waals surface area contributed by atoms with Crippen molar-refractivity contribution in [1.82, 2.24) is 0 Å². The second kappa shape index (κ2) is 7.48. The highest BCUT2D eigenvalue weighted by atomic mass is 16.5. The Labute approximate surface area is 137 Å². The van der Waals surface area contributed by atoms with E-state index in [4.69, 9.17) is 4.74 Å². The summed E-state index contributed by atoms with van der Waals surface area (Å²) < 4.78 is 4.93. The zero-order valence-electron chi connectivity index (χ0n) is 15.6. The van der Waals surface area contributed by atoms with Gasteiger partial charge >= 0.3 is 5.97 Å². The molecule has 2 heteroatoms. The molecule has 0 saturated heterocycles. The van der Waals surface area contributed by atoms with E-state index < -0.39 is 0 Å². The van der Waals surface area contributed by atoms with Crippen LogP contribution in [0.15, 0.2) is 23.3 Å². The summed E-state index contributed by atoms with van der Waals surface area (Å²) in [5.41, 5.74) is 3.29. The van der Waals surface area contributed by atoms with E-state index in [9.17, 15) is 4.79 Å². The molecule has 0 radical (unpaired) electrons. The minimum Gasteiger partial charge on any atom is -0.469 e. The third kappa shape index (κ3) is 5.30. The summed E-state index contributed by atoms with van der Waals surface area (Å²) >= 11 is 0. The lowest BCUT2D eigenvalue weighted by molar-refractivity contribution is -0.145. The molecular weight excluding hydrogens is 272 g/mol. The van der Waals surface area contributed by atoms with E-state index in [1.165, 1.54) is 18.3 Å². The fraction of sp³-hybridized carbons (Fsp3) is 0.750. The van der Waals surface area contributed by atoms with Gasteiger partial charge in [0.05, 0.1) is 13.0 Å². The minimum atomic E-state index is -0.0510. The second-order valence-electron chi connectivity index (χ2n) is 8.29. The summed E-state index contributed by atoms with van der Waals surface area (Å²) in [7, 11) is 1.49. The average molecular weight is 306 g/mol. The number of esters is 1. The number of carbonyl (C=O) groups excluding carboxylic acids is 1. The predicted molar refractivity (Wildman–Crippen MR) is 93.7 cm³/mol. The maximum atomic E-state index is 11.8. The molecule has 0 saturated carbocycles. The summed E-state index contributed by atoms with van der Waals surface area (Å²) in [5.74, 6) is 0.000927. The number of carbonyl (C=O) groups is 1. The van der Waals surface area contributed by atoms with E-state index in [1.807, 2.05) is 0 Å². The van der Waals surface area contributed by atoms with E-state index in [2.05, 4.69) is 53.7 Å². The Bertz CT molecular complexity index is 447. The fourth-order valence-electron chi connectivity index (χ4n) is 2.95. The number of allylic oxidation sites excluding steroid dienone is 4. The van der Waals surface area contributed by atoms with Crippen LogP contribution in [-0.2, 0) is 9.53 Å². The molecule has 1 aliphatic rings. The molecule has 2 nitrogen and oxygen atoms in total. The van der Waals surface area contributed by atoms with Crippen LogP contribution in [0.1, 0.15) is 73.6 Å². The van der Waals surface area contributed by atoms with E-state index in [1.54, 1.807) is 0 Å². The van der Waals surface area contributed by atoms with Gasteiger partial charge < -0.3 is 4.74 Å². The largest absolute Gasteiger partial charge is 0.469 e. The first-order valence-electron chi connectivity index (χ1n) is 8.52. The topological polar surface area (TPSA) is 26.3 Å². The van der Waals surface area contributed by atoms with Gasteiger partial charge in [0.15, 0.2) is 0 Å². The van der Waals surface area contributed by atoms with Gasteiger partial charge in [0.1, 0.15) is 0 Å². The Morgan fingerprint density at radius 1 is 1.32 bits per heavy atom. The zero-order chi connectivity index (χ0) is 17.0. The molecule has 0 bridgehead atoms. The van der Waals surface area contributed by atoms with Crippen LogP contribution in [0.2, 0.25) is 0 Å². The lowest BCUT2D eigenvalue weighted by atomic mass is 9.72. The average Bonchev–Trinajstić information content (AvgIpc) is 2.45. The number of ether oxygens (including phenoxy) is 1. The number of methoxy groups -OCH3 is 1. The van der Waals surface area contributed by atoms with Crippen LogP contribution < -0.4 is 0 Å². The van der Waals surface area contributed by atoms with Crippen molar-refractivity contribution in [3.63, 3.8) is 0 Å². The van der Waals surface area contributed by atoms with Gasteiger partial charge in [-0.15, -0.1) is 0 Å². The van der Waals surface area contributed by atoms with Crippen LogP contribution in [0.25, 0.3) is 0 Å². The van der Waals surface area contributed by atoms with Gasteiger partial charge in [-0.3, -0.25) is 4.79 Å². The fourth-order valence-corrected chi connectivity index (χ4v) is 2.95. The molecule has 0 N–H and O–H groups in total. The van der Waals surface area contributed by atoms with Crippen molar-refractivity contribution in [1.29, 1.82) is 0 Å². The Kier molecular flexibility index (Phi) is 6.46. The van der Waals surface area contributed by atoms with Gasteiger partial charge in [-0.1, -0.05) is 57.9 Å². The first-order valence-corrected chi connectivity index (χ1v) is 8.52. The Balaban J connectivity index is 2.66. The van der Waals surface area contributed by atoms with Crippen molar-refractivity contribution in [2.45, 2.75) is 73.6 Å². The smallest absolute Gasteiger partial charge is 0.308 e. The number of hydrogen-bond donors (Lipinski definition) is 0. The molecule has 22 heavy (non-hydrogen) atoms. The van der Waals surface area contributed by atoms with Gasteiger partial charge in [0.2, 0.25) is 0 Å². The van der Waals surface area contributed by atoms with Crippen molar-refractivity contribution >= 4 is 5.97 Å². The molecule has 0 aromatic rings. The number of rotatable bonds is 5. The van der Waals surface area contributed by atoms with E-state index in [-0.39, 0.29) is 22.7 Å². The van der Waals surface area contributed by atoms with Crippen LogP contribution in [0.5, 0.6) is 0 Å². The molecule has 1 atom stereocenters. The molecule has 1 rings (SSSR count). The summed E-state index contributed by atoms with van der Waals surface area (Å²) in [6, 6.07) is 0. The summed E-state index contributed by atoms with van der Waals surface area (Å²) in [6.07, 6.45) is 9.73. The molecule has 0 aromatic heterocycles. The lowest BCUT2D eigenvalue weighted by Gasteiger charge is -2.33. The predicted octanol–water partition coefficient (Wildman–Crippen LogP) is 5.68. The molecule has 1 aliphatic carbocycles. The molecule has 1 unspecified atom stereocenters. The lowest BCUT2D eigenvalue weighted by Crippen LogP contribution is -2.25.